The molecule has 0 spiro atoms. The van der Waals surface area contributed by atoms with Gasteiger partial charge in [0.05, 0.1) is 11.1 Å². The molecule has 0 N–H and O–H groups in total. The predicted molar refractivity (Wildman–Crippen MR) is 112 cm³/mol. The molecule has 2 rings (SSSR count). The summed E-state index contributed by atoms with van der Waals surface area (Å²) in [5.74, 6) is 0.553. The molecule has 0 unspecified atom stereocenters. The number of fused-ring (bicyclic) bond motifs is 1. The van der Waals surface area contributed by atoms with E-state index in [-0.39, 0.29) is 12.6 Å². The van der Waals surface area contributed by atoms with Crippen molar-refractivity contribution in [3.63, 3.8) is 0 Å². The Balaban J connectivity index is 1.68. The molecule has 0 radical (unpaired) electrons. The fraction of sp³-hybridized carbons (Fsp3) is 0.727. The van der Waals surface area contributed by atoms with Crippen molar-refractivity contribution >= 4 is 18.2 Å². The molecule has 2 aromatic heterocycles. The van der Waals surface area contributed by atoms with Crippen LogP contribution in [0.25, 0.3) is 12.2 Å². The molecule has 6 heteroatoms. The van der Waals surface area contributed by atoms with Crippen LogP contribution in [0.2, 0.25) is 0 Å². The van der Waals surface area contributed by atoms with Crippen molar-refractivity contribution in [1.29, 1.82) is 0 Å². The smallest absolute Gasteiger partial charge is 0.305 e. The lowest BCUT2D eigenvalue weighted by atomic mass is 9.94. The van der Waals surface area contributed by atoms with Crippen molar-refractivity contribution in [3.05, 3.63) is 16.7 Å². The van der Waals surface area contributed by atoms with E-state index in [1.165, 1.54) is 44.9 Å². The van der Waals surface area contributed by atoms with Gasteiger partial charge in [-0.3, -0.25) is 4.79 Å². The summed E-state index contributed by atoms with van der Waals surface area (Å²) in [7, 11) is 0. The number of hydrogen-bond acceptors (Lipinski definition) is 5. The molecule has 0 aliphatic heterocycles. The monoisotopic (exact) mass is 388 g/mol. The maximum Gasteiger partial charge on any atom is 0.305 e. The van der Waals surface area contributed by atoms with Crippen LogP contribution in [0.15, 0.2) is 0 Å². The van der Waals surface area contributed by atoms with Gasteiger partial charge in [-0.05, 0) is 27.2 Å². The summed E-state index contributed by atoms with van der Waals surface area (Å²) < 4.78 is 7.24. The number of carbonyl (C=O) groups excluding carboxylic acids is 1. The van der Waals surface area contributed by atoms with Crippen molar-refractivity contribution in [3.8, 4) is 0 Å². The lowest BCUT2D eigenvalue weighted by Crippen LogP contribution is -2.29. The van der Waals surface area contributed by atoms with Crippen LogP contribution >= 0.6 is 0 Å². The number of ether oxygens (including phenoxy) is 1. The summed E-state index contributed by atoms with van der Waals surface area (Å²) in [5.41, 5.74) is 1.04. The first kappa shape index (κ1) is 22.3. The van der Waals surface area contributed by atoms with Gasteiger partial charge in [-0.15, -0.1) is 10.2 Å². The number of unbranched alkanes of at least 4 members (excludes halogenated alkanes) is 8. The van der Waals surface area contributed by atoms with Crippen molar-refractivity contribution in [2.45, 2.75) is 97.3 Å². The summed E-state index contributed by atoms with van der Waals surface area (Å²) in [6, 6.07) is 0. The second-order valence-corrected chi connectivity index (χ2v) is 8.45. The normalized spacial score (nSPS) is 12.0. The van der Waals surface area contributed by atoms with Gasteiger partial charge in [-0.25, -0.2) is 0 Å². The quantitative estimate of drug-likeness (QED) is 0.378. The van der Waals surface area contributed by atoms with Gasteiger partial charge in [0, 0.05) is 11.6 Å². The largest absolute Gasteiger partial charge is 0.465 e. The number of aromatic nitrogens is 4. The van der Waals surface area contributed by atoms with Crippen LogP contribution < -0.4 is 5.22 Å². The van der Waals surface area contributed by atoms with E-state index in [2.05, 4.69) is 28.8 Å². The molecule has 0 bridgehead atoms. The Bertz CT molecular complexity index is 797. The Morgan fingerprint density at radius 1 is 1.04 bits per heavy atom. The summed E-state index contributed by atoms with van der Waals surface area (Å²) in [6.45, 7) is 12.4. The van der Waals surface area contributed by atoms with E-state index in [1.807, 2.05) is 20.8 Å². The molecule has 2 aromatic rings. The van der Waals surface area contributed by atoms with Gasteiger partial charge in [0.1, 0.15) is 6.61 Å². The summed E-state index contributed by atoms with van der Waals surface area (Å²) in [5, 5.41) is 13.7. The van der Waals surface area contributed by atoms with Crippen LogP contribution in [-0.4, -0.2) is 32.4 Å². The zero-order chi connectivity index (χ0) is 20.6. The molecule has 0 aromatic carbocycles. The molecular weight excluding hydrogens is 352 g/mol. The summed E-state index contributed by atoms with van der Waals surface area (Å²) in [4.78, 5) is 12.1. The topological polar surface area (TPSA) is 69.4 Å². The highest BCUT2D eigenvalue weighted by Crippen LogP contribution is 2.22. The van der Waals surface area contributed by atoms with Crippen LogP contribution in [0.4, 0.5) is 0 Å². The Morgan fingerprint density at radius 2 is 1.64 bits per heavy atom. The number of hydrogen-bond donors (Lipinski definition) is 0. The van der Waals surface area contributed by atoms with Crippen LogP contribution in [0.3, 0.4) is 0 Å². The first-order valence-electron chi connectivity index (χ1n) is 10.7. The van der Waals surface area contributed by atoms with Crippen molar-refractivity contribution < 1.29 is 9.53 Å². The van der Waals surface area contributed by atoms with Gasteiger partial charge >= 0.3 is 5.97 Å². The zero-order valence-electron chi connectivity index (χ0n) is 18.1. The lowest BCUT2D eigenvalue weighted by molar-refractivity contribution is -0.145. The highest BCUT2D eigenvalue weighted by Gasteiger charge is 2.30. The van der Waals surface area contributed by atoms with Crippen molar-refractivity contribution in [2.75, 3.05) is 6.61 Å². The number of nitrogens with zero attached hydrogens (tertiary/aromatic N) is 4. The predicted octanol–water partition coefficient (Wildman–Crippen LogP) is 4.30. The molecule has 0 saturated heterocycles. The Kier molecular flexibility index (Phi) is 8.39. The van der Waals surface area contributed by atoms with Gasteiger partial charge in [0.25, 0.3) is 0 Å². The highest BCUT2D eigenvalue weighted by atomic mass is 16.5. The second kappa shape index (κ2) is 10.5. The third-order valence-corrected chi connectivity index (χ3v) is 5.28. The van der Waals surface area contributed by atoms with E-state index in [0.29, 0.717) is 17.9 Å². The molecule has 2 heterocycles. The maximum absolute atomic E-state index is 12.1. The third-order valence-electron chi connectivity index (χ3n) is 5.28. The maximum atomic E-state index is 12.1. The van der Waals surface area contributed by atoms with Gasteiger partial charge in [-0.2, -0.15) is 9.61 Å². The summed E-state index contributed by atoms with van der Waals surface area (Å²) in [6.07, 6.45) is 11.6. The Hall–Kier alpha value is -1.98. The molecular formula is C22H36N4O2. The Labute approximate surface area is 168 Å². The fourth-order valence-corrected chi connectivity index (χ4v) is 3.33. The molecule has 0 aliphatic carbocycles. The molecule has 0 aliphatic rings. The third kappa shape index (κ3) is 6.01. The van der Waals surface area contributed by atoms with E-state index < -0.39 is 5.41 Å². The minimum atomic E-state index is -0.464. The van der Waals surface area contributed by atoms with Gasteiger partial charge < -0.3 is 4.74 Å². The van der Waals surface area contributed by atoms with Crippen LogP contribution in [-0.2, 0) is 14.9 Å². The SMILES string of the molecule is C=c1c(C)nn2c(C(C)(C)COC(=O)CCCCCCCCCCC)nnc12. The summed E-state index contributed by atoms with van der Waals surface area (Å²) >= 11 is 0. The second-order valence-electron chi connectivity index (χ2n) is 8.45. The Morgan fingerprint density at radius 3 is 2.29 bits per heavy atom. The van der Waals surface area contributed by atoms with Crippen molar-refractivity contribution in [2.24, 2.45) is 0 Å². The lowest BCUT2D eigenvalue weighted by Gasteiger charge is -2.21. The highest BCUT2D eigenvalue weighted by molar-refractivity contribution is 5.69. The van der Waals surface area contributed by atoms with E-state index in [0.717, 1.165) is 23.8 Å². The van der Waals surface area contributed by atoms with E-state index >= 15 is 0 Å². The molecule has 156 valence electrons. The standard InChI is InChI=1S/C22H36N4O2/c1-6-7-8-9-10-11-12-13-14-15-19(27)28-16-22(4,5)21-24-23-20-17(2)18(3)25-26(20)21/h2,6-16H2,1,3-5H3. The van der Waals surface area contributed by atoms with Gasteiger partial charge in [0.2, 0.25) is 0 Å². The molecule has 0 fully saturated rings. The molecule has 6 nitrogen and oxygen atoms in total. The molecule has 0 amide bonds. The molecule has 0 saturated carbocycles. The number of rotatable bonds is 13. The first-order chi connectivity index (χ1) is 13.4. The van der Waals surface area contributed by atoms with Crippen LogP contribution in [0.1, 0.15) is 96.5 Å². The van der Waals surface area contributed by atoms with Gasteiger partial charge in [0.15, 0.2) is 11.5 Å². The van der Waals surface area contributed by atoms with E-state index in [4.69, 9.17) is 4.74 Å². The zero-order valence-corrected chi connectivity index (χ0v) is 18.1. The minimum absolute atomic E-state index is 0.138. The van der Waals surface area contributed by atoms with Gasteiger partial charge in [-0.1, -0.05) is 64.9 Å². The molecule has 28 heavy (non-hydrogen) atoms. The first-order valence-corrected chi connectivity index (χ1v) is 10.7. The number of esters is 1. The van der Waals surface area contributed by atoms with Crippen LogP contribution in [0, 0.1) is 6.92 Å². The fourth-order valence-electron chi connectivity index (χ4n) is 3.33. The molecule has 0 atom stereocenters. The average molecular weight is 389 g/mol. The van der Waals surface area contributed by atoms with Crippen molar-refractivity contribution in [1.82, 2.24) is 19.8 Å². The minimum Gasteiger partial charge on any atom is -0.465 e. The number of aryl methyl sites for hydroxylation is 1. The average Bonchev–Trinajstić information content (AvgIpc) is 3.19. The number of carbonyl (C=O) groups is 1. The van der Waals surface area contributed by atoms with E-state index in [1.54, 1.807) is 4.52 Å². The van der Waals surface area contributed by atoms with E-state index in [9.17, 15) is 4.79 Å². The van der Waals surface area contributed by atoms with Crippen LogP contribution in [0.5, 0.6) is 0 Å².